The molecule has 0 aliphatic carbocycles. The SMILES string of the molecule is CCC(C)c1cc(-c2[nH]nc(N)c2I)cc(C(C)CC)c1OC. The quantitative estimate of drug-likeness (QED) is 0.615. The predicted molar refractivity (Wildman–Crippen MR) is 105 cm³/mol. The van der Waals surface area contributed by atoms with Gasteiger partial charge in [0.25, 0.3) is 0 Å². The Bertz CT molecular complexity index is 650. The Morgan fingerprint density at radius 2 is 1.70 bits per heavy atom. The second-order valence-electron chi connectivity index (χ2n) is 6.10. The Morgan fingerprint density at radius 3 is 2.04 bits per heavy atom. The zero-order valence-corrected chi connectivity index (χ0v) is 16.7. The summed E-state index contributed by atoms with van der Waals surface area (Å²) in [5.41, 5.74) is 10.5. The number of hydrogen-bond donors (Lipinski definition) is 2. The maximum absolute atomic E-state index is 5.91. The molecule has 23 heavy (non-hydrogen) atoms. The highest BCUT2D eigenvalue weighted by Gasteiger charge is 2.21. The van der Waals surface area contributed by atoms with E-state index < -0.39 is 0 Å². The van der Waals surface area contributed by atoms with E-state index in [1.165, 1.54) is 11.1 Å². The minimum absolute atomic E-state index is 0.436. The first kappa shape index (κ1) is 18.1. The van der Waals surface area contributed by atoms with Crippen LogP contribution in [-0.4, -0.2) is 17.3 Å². The molecule has 1 heterocycles. The van der Waals surface area contributed by atoms with Gasteiger partial charge in [-0.05, 0) is 70.5 Å². The first-order valence-electron chi connectivity index (χ1n) is 8.15. The molecule has 0 saturated heterocycles. The van der Waals surface area contributed by atoms with Gasteiger partial charge < -0.3 is 10.5 Å². The third-order valence-electron chi connectivity index (χ3n) is 4.66. The molecule has 2 unspecified atom stereocenters. The van der Waals surface area contributed by atoms with Crippen LogP contribution >= 0.6 is 22.6 Å². The van der Waals surface area contributed by atoms with Crippen LogP contribution in [0.2, 0.25) is 0 Å². The minimum atomic E-state index is 0.436. The van der Waals surface area contributed by atoms with E-state index in [4.69, 9.17) is 10.5 Å². The van der Waals surface area contributed by atoms with Gasteiger partial charge in [0.05, 0.1) is 16.4 Å². The average molecular weight is 427 g/mol. The van der Waals surface area contributed by atoms with Crippen LogP contribution in [0.4, 0.5) is 5.82 Å². The molecule has 0 saturated carbocycles. The minimum Gasteiger partial charge on any atom is -0.496 e. The van der Waals surface area contributed by atoms with Gasteiger partial charge in [0.15, 0.2) is 5.82 Å². The highest BCUT2D eigenvalue weighted by Crippen LogP contribution is 2.41. The zero-order valence-electron chi connectivity index (χ0n) is 14.5. The number of nitrogens with one attached hydrogen (secondary N) is 1. The fourth-order valence-corrected chi connectivity index (χ4v) is 3.31. The number of aromatic amines is 1. The Balaban J connectivity index is 2.71. The summed E-state index contributed by atoms with van der Waals surface area (Å²) in [6.45, 7) is 8.90. The summed E-state index contributed by atoms with van der Waals surface area (Å²) >= 11 is 2.25. The number of nitrogens with zero attached hydrogens (tertiary/aromatic N) is 1. The molecule has 126 valence electrons. The van der Waals surface area contributed by atoms with E-state index in [9.17, 15) is 0 Å². The van der Waals surface area contributed by atoms with E-state index in [0.717, 1.165) is 33.4 Å². The van der Waals surface area contributed by atoms with Crippen molar-refractivity contribution in [3.05, 3.63) is 26.8 Å². The average Bonchev–Trinajstić information content (AvgIpc) is 2.91. The van der Waals surface area contributed by atoms with Gasteiger partial charge in [-0.25, -0.2) is 0 Å². The molecule has 0 radical (unpaired) electrons. The van der Waals surface area contributed by atoms with Crippen LogP contribution in [0.5, 0.6) is 5.75 Å². The maximum atomic E-state index is 5.91. The lowest BCUT2D eigenvalue weighted by atomic mass is 9.87. The molecular formula is C18H26IN3O. The van der Waals surface area contributed by atoms with Crippen LogP contribution in [0, 0.1) is 3.57 Å². The Kier molecular flexibility index (Phi) is 5.95. The normalized spacial score (nSPS) is 13.8. The number of methoxy groups -OCH3 is 1. The van der Waals surface area contributed by atoms with Crippen molar-refractivity contribution in [1.29, 1.82) is 0 Å². The summed E-state index contributed by atoms with van der Waals surface area (Å²) in [6.07, 6.45) is 2.14. The predicted octanol–water partition coefficient (Wildman–Crippen LogP) is 5.30. The zero-order chi connectivity index (χ0) is 17.1. The summed E-state index contributed by atoms with van der Waals surface area (Å²) in [5, 5.41) is 7.21. The van der Waals surface area contributed by atoms with Gasteiger partial charge in [0, 0.05) is 5.56 Å². The van der Waals surface area contributed by atoms with Gasteiger partial charge in [-0.2, -0.15) is 5.10 Å². The molecule has 1 aromatic heterocycles. The number of anilines is 1. The van der Waals surface area contributed by atoms with Crippen molar-refractivity contribution in [3.8, 4) is 17.0 Å². The fourth-order valence-electron chi connectivity index (χ4n) is 2.76. The van der Waals surface area contributed by atoms with Crippen LogP contribution in [-0.2, 0) is 0 Å². The third-order valence-corrected chi connectivity index (χ3v) is 5.75. The van der Waals surface area contributed by atoms with Gasteiger partial charge in [-0.3, -0.25) is 5.10 Å². The fraction of sp³-hybridized carbons (Fsp3) is 0.500. The smallest absolute Gasteiger partial charge is 0.159 e. The molecule has 0 fully saturated rings. The second kappa shape index (κ2) is 7.55. The number of ether oxygens (including phenoxy) is 1. The number of hydrogen-bond acceptors (Lipinski definition) is 3. The molecule has 2 aromatic rings. The highest BCUT2D eigenvalue weighted by atomic mass is 127. The summed E-state index contributed by atoms with van der Waals surface area (Å²) in [5.74, 6) is 2.45. The number of benzene rings is 1. The number of nitrogen functional groups attached to an aromatic ring is 1. The molecule has 3 N–H and O–H groups in total. The van der Waals surface area contributed by atoms with Crippen molar-refractivity contribution < 1.29 is 4.74 Å². The van der Waals surface area contributed by atoms with Crippen LogP contribution in [0.3, 0.4) is 0 Å². The van der Waals surface area contributed by atoms with E-state index in [1.807, 2.05) is 0 Å². The molecular weight excluding hydrogens is 401 g/mol. The molecule has 2 atom stereocenters. The van der Waals surface area contributed by atoms with Crippen molar-refractivity contribution in [2.75, 3.05) is 12.8 Å². The first-order chi connectivity index (χ1) is 10.9. The summed E-state index contributed by atoms with van der Waals surface area (Å²) in [6, 6.07) is 4.43. The molecule has 0 spiro atoms. The molecule has 0 aliphatic heterocycles. The van der Waals surface area contributed by atoms with Gasteiger partial charge in [-0.15, -0.1) is 0 Å². The largest absolute Gasteiger partial charge is 0.496 e. The monoisotopic (exact) mass is 427 g/mol. The number of rotatable bonds is 6. The van der Waals surface area contributed by atoms with Crippen LogP contribution < -0.4 is 10.5 Å². The molecule has 0 amide bonds. The highest BCUT2D eigenvalue weighted by molar-refractivity contribution is 14.1. The van der Waals surface area contributed by atoms with Crippen LogP contribution in [0.25, 0.3) is 11.3 Å². The van der Waals surface area contributed by atoms with E-state index in [2.05, 4.69) is 72.6 Å². The van der Waals surface area contributed by atoms with E-state index in [-0.39, 0.29) is 0 Å². The van der Waals surface area contributed by atoms with Gasteiger partial charge in [0.1, 0.15) is 5.75 Å². The molecule has 0 bridgehead atoms. The number of aromatic nitrogens is 2. The lowest BCUT2D eigenvalue weighted by Crippen LogP contribution is -2.04. The van der Waals surface area contributed by atoms with Crippen molar-refractivity contribution in [3.63, 3.8) is 0 Å². The summed E-state index contributed by atoms with van der Waals surface area (Å²) in [4.78, 5) is 0. The summed E-state index contributed by atoms with van der Waals surface area (Å²) in [7, 11) is 1.77. The first-order valence-corrected chi connectivity index (χ1v) is 9.23. The topological polar surface area (TPSA) is 63.9 Å². The number of nitrogens with two attached hydrogens (primary N) is 1. The van der Waals surface area contributed by atoms with Crippen molar-refractivity contribution in [1.82, 2.24) is 10.2 Å². The maximum Gasteiger partial charge on any atom is 0.159 e. The Hall–Kier alpha value is -1.24. The van der Waals surface area contributed by atoms with Gasteiger partial charge >= 0.3 is 0 Å². The molecule has 5 heteroatoms. The standard InChI is InChI=1S/C18H26IN3O/c1-6-10(3)13-8-12(16-15(19)18(20)22-21-16)9-14(11(4)7-2)17(13)23-5/h8-11H,6-7H2,1-5H3,(H3,20,21,22). The lowest BCUT2D eigenvalue weighted by Gasteiger charge is -2.22. The van der Waals surface area contributed by atoms with Crippen molar-refractivity contribution in [2.24, 2.45) is 0 Å². The van der Waals surface area contributed by atoms with E-state index in [1.54, 1.807) is 7.11 Å². The van der Waals surface area contributed by atoms with E-state index >= 15 is 0 Å². The number of H-pyrrole nitrogens is 1. The summed E-state index contributed by atoms with van der Waals surface area (Å²) < 4.78 is 6.77. The van der Waals surface area contributed by atoms with Crippen molar-refractivity contribution >= 4 is 28.4 Å². The molecule has 4 nitrogen and oxygen atoms in total. The third kappa shape index (κ3) is 3.49. The molecule has 2 rings (SSSR count). The number of halogens is 1. The lowest BCUT2D eigenvalue weighted by molar-refractivity contribution is 0.397. The van der Waals surface area contributed by atoms with Gasteiger partial charge in [0.2, 0.25) is 0 Å². The Morgan fingerprint density at radius 1 is 1.17 bits per heavy atom. The molecule has 0 aliphatic rings. The van der Waals surface area contributed by atoms with Crippen LogP contribution in [0.15, 0.2) is 12.1 Å². The van der Waals surface area contributed by atoms with Crippen molar-refractivity contribution in [2.45, 2.75) is 52.4 Å². The van der Waals surface area contributed by atoms with E-state index in [0.29, 0.717) is 17.7 Å². The Labute approximate surface area is 152 Å². The molecule has 1 aromatic carbocycles. The van der Waals surface area contributed by atoms with Crippen LogP contribution in [0.1, 0.15) is 63.5 Å². The second-order valence-corrected chi connectivity index (χ2v) is 7.18. The van der Waals surface area contributed by atoms with Gasteiger partial charge in [-0.1, -0.05) is 27.7 Å².